The van der Waals surface area contributed by atoms with Gasteiger partial charge in [0.1, 0.15) is 12.2 Å². The lowest BCUT2D eigenvalue weighted by Crippen LogP contribution is -2.49. The number of nitrogens with one attached hydrogen (secondary N) is 2. The summed E-state index contributed by atoms with van der Waals surface area (Å²) in [5.74, 6) is 0.261. The lowest BCUT2D eigenvalue weighted by molar-refractivity contribution is -0.130. The van der Waals surface area contributed by atoms with Gasteiger partial charge in [0.25, 0.3) is 5.89 Å². The van der Waals surface area contributed by atoms with E-state index >= 15 is 0 Å². The maximum absolute atomic E-state index is 13.2. The predicted octanol–water partition coefficient (Wildman–Crippen LogP) is 3.24. The van der Waals surface area contributed by atoms with Gasteiger partial charge >= 0.3 is 6.01 Å². The smallest absolute Gasteiger partial charge is 0.323 e. The van der Waals surface area contributed by atoms with Crippen LogP contribution in [0.5, 0.6) is 0 Å². The number of rotatable bonds is 6. The zero-order chi connectivity index (χ0) is 25.4. The Labute approximate surface area is 217 Å². The van der Waals surface area contributed by atoms with Crippen molar-refractivity contribution in [2.24, 2.45) is 7.05 Å². The van der Waals surface area contributed by atoms with Crippen molar-refractivity contribution in [3.63, 3.8) is 0 Å². The number of aryl methyl sites for hydroxylation is 1. The van der Waals surface area contributed by atoms with E-state index in [-0.39, 0.29) is 18.5 Å². The number of fused-ring (bicyclic) bond motifs is 1. The van der Waals surface area contributed by atoms with Gasteiger partial charge in [0, 0.05) is 68.3 Å². The largest absolute Gasteiger partial charge is 0.403 e. The van der Waals surface area contributed by atoms with E-state index in [1.54, 1.807) is 34.2 Å². The van der Waals surface area contributed by atoms with Crippen molar-refractivity contribution in [2.45, 2.75) is 0 Å². The van der Waals surface area contributed by atoms with Crippen LogP contribution in [0.3, 0.4) is 0 Å². The van der Waals surface area contributed by atoms with Crippen molar-refractivity contribution in [2.75, 3.05) is 37.6 Å². The van der Waals surface area contributed by atoms with Gasteiger partial charge in [-0.15, -0.1) is 5.10 Å². The van der Waals surface area contributed by atoms with Crippen molar-refractivity contribution < 1.29 is 9.21 Å². The van der Waals surface area contributed by atoms with Crippen LogP contribution in [0, 0.1) is 0 Å². The number of piperazine rings is 1. The van der Waals surface area contributed by atoms with Crippen LogP contribution in [0.25, 0.3) is 33.6 Å². The summed E-state index contributed by atoms with van der Waals surface area (Å²) in [4.78, 5) is 24.3. The molecule has 0 spiro atoms. The molecule has 0 atom stereocenters. The van der Waals surface area contributed by atoms with Gasteiger partial charge in [-0.25, -0.2) is 4.98 Å². The summed E-state index contributed by atoms with van der Waals surface area (Å²) in [6.45, 7) is 2.83. The molecule has 1 aliphatic heterocycles. The molecule has 1 aromatic carbocycles. The SMILES string of the molecule is Cn1cc(-c2cnc3[nH]cc(-c4nnc(N(CC(=O)N5CCNCC5)c5ccccc5Cl)o4)c3c2)cn1. The molecule has 188 valence electrons. The number of pyridine rings is 1. The Balaban J connectivity index is 1.36. The highest BCUT2D eigenvalue weighted by Crippen LogP contribution is 2.35. The fourth-order valence-corrected chi connectivity index (χ4v) is 4.66. The van der Waals surface area contributed by atoms with Gasteiger partial charge in [-0.1, -0.05) is 28.8 Å². The first-order valence-corrected chi connectivity index (χ1v) is 12.3. The number of halogens is 1. The number of carbonyl (C=O) groups excluding carboxylic acids is 1. The molecule has 12 heteroatoms. The number of hydrogen-bond donors (Lipinski definition) is 2. The average molecular weight is 518 g/mol. The van der Waals surface area contributed by atoms with Crippen LogP contribution in [-0.4, -0.2) is 73.5 Å². The number of hydrogen-bond acceptors (Lipinski definition) is 8. The van der Waals surface area contributed by atoms with Crippen LogP contribution < -0.4 is 10.2 Å². The van der Waals surface area contributed by atoms with E-state index in [1.807, 2.05) is 42.4 Å². The van der Waals surface area contributed by atoms with Crippen molar-refractivity contribution in [1.82, 2.24) is 40.2 Å². The zero-order valence-electron chi connectivity index (χ0n) is 20.1. The molecule has 37 heavy (non-hydrogen) atoms. The Morgan fingerprint density at radius 2 is 2.00 bits per heavy atom. The molecule has 1 fully saturated rings. The van der Waals surface area contributed by atoms with Gasteiger partial charge in [0.05, 0.1) is 22.5 Å². The third-order valence-corrected chi connectivity index (χ3v) is 6.67. The molecule has 1 aliphatic rings. The monoisotopic (exact) mass is 517 g/mol. The summed E-state index contributed by atoms with van der Waals surface area (Å²) in [5.41, 5.74) is 3.88. The summed E-state index contributed by atoms with van der Waals surface area (Å²) in [6.07, 6.45) is 7.29. The molecule has 1 amide bonds. The van der Waals surface area contributed by atoms with Gasteiger partial charge in [0.2, 0.25) is 5.91 Å². The van der Waals surface area contributed by atoms with E-state index in [2.05, 4.69) is 30.6 Å². The summed E-state index contributed by atoms with van der Waals surface area (Å²) < 4.78 is 7.89. The highest BCUT2D eigenvalue weighted by atomic mass is 35.5. The number of H-pyrrole nitrogens is 1. The third kappa shape index (κ3) is 4.54. The summed E-state index contributed by atoms with van der Waals surface area (Å²) in [6, 6.07) is 9.47. The summed E-state index contributed by atoms with van der Waals surface area (Å²) in [7, 11) is 1.87. The van der Waals surface area contributed by atoms with E-state index in [4.69, 9.17) is 16.0 Å². The minimum atomic E-state index is -0.0430. The fraction of sp³-hybridized carbons (Fsp3) is 0.240. The van der Waals surface area contributed by atoms with Gasteiger partial charge in [-0.2, -0.15) is 5.10 Å². The molecular formula is C25H24ClN9O2. The maximum Gasteiger partial charge on any atom is 0.323 e. The van der Waals surface area contributed by atoms with Crippen LogP contribution >= 0.6 is 11.6 Å². The number of aromatic nitrogens is 6. The second kappa shape index (κ2) is 9.68. The first-order valence-electron chi connectivity index (χ1n) is 11.9. The number of anilines is 2. The molecule has 0 bridgehead atoms. The van der Waals surface area contributed by atoms with Crippen molar-refractivity contribution in [1.29, 1.82) is 0 Å². The van der Waals surface area contributed by atoms with E-state index in [1.165, 1.54) is 0 Å². The Bertz CT molecular complexity index is 1570. The normalized spacial score (nSPS) is 13.8. The Hall–Kier alpha value is -4.22. The van der Waals surface area contributed by atoms with E-state index in [9.17, 15) is 4.79 Å². The zero-order valence-corrected chi connectivity index (χ0v) is 20.8. The minimum Gasteiger partial charge on any atom is -0.403 e. The van der Waals surface area contributed by atoms with Gasteiger partial charge in [-0.3, -0.25) is 14.4 Å². The molecule has 4 aromatic heterocycles. The minimum absolute atomic E-state index is 0.0198. The molecule has 2 N–H and O–H groups in total. The lowest BCUT2D eigenvalue weighted by atomic mass is 10.1. The maximum atomic E-state index is 13.2. The van der Waals surface area contributed by atoms with Crippen LogP contribution in [0.2, 0.25) is 5.02 Å². The Morgan fingerprint density at radius 1 is 1.16 bits per heavy atom. The van der Waals surface area contributed by atoms with Gasteiger partial charge in [-0.05, 0) is 18.2 Å². The number of nitrogens with zero attached hydrogens (tertiary/aromatic N) is 7. The van der Waals surface area contributed by atoms with Crippen molar-refractivity contribution in [3.05, 3.63) is 60.1 Å². The number of benzene rings is 1. The van der Waals surface area contributed by atoms with E-state index in [0.29, 0.717) is 40.9 Å². The molecular weight excluding hydrogens is 494 g/mol. The van der Waals surface area contributed by atoms with E-state index < -0.39 is 0 Å². The second-order valence-electron chi connectivity index (χ2n) is 8.78. The van der Waals surface area contributed by atoms with Crippen LogP contribution in [0.15, 0.2) is 59.5 Å². The number of para-hydroxylation sites is 1. The molecule has 11 nitrogen and oxygen atoms in total. The predicted molar refractivity (Wildman–Crippen MR) is 139 cm³/mol. The molecule has 0 saturated carbocycles. The Morgan fingerprint density at radius 3 is 2.78 bits per heavy atom. The third-order valence-electron chi connectivity index (χ3n) is 6.35. The molecule has 0 unspecified atom stereocenters. The molecule has 5 aromatic rings. The van der Waals surface area contributed by atoms with Crippen molar-refractivity contribution >= 4 is 40.2 Å². The molecule has 6 rings (SSSR count). The quantitative estimate of drug-likeness (QED) is 0.352. The molecule has 0 aliphatic carbocycles. The average Bonchev–Trinajstić information content (AvgIpc) is 3.67. The fourth-order valence-electron chi connectivity index (χ4n) is 4.42. The molecule has 0 radical (unpaired) electrons. The van der Waals surface area contributed by atoms with Crippen LogP contribution in [0.1, 0.15) is 0 Å². The molecule has 1 saturated heterocycles. The summed E-state index contributed by atoms with van der Waals surface area (Å²) >= 11 is 6.51. The van der Waals surface area contributed by atoms with Crippen LogP contribution in [0.4, 0.5) is 11.7 Å². The van der Waals surface area contributed by atoms with E-state index in [0.717, 1.165) is 29.6 Å². The first kappa shape index (κ1) is 23.2. The highest BCUT2D eigenvalue weighted by Gasteiger charge is 2.26. The van der Waals surface area contributed by atoms with Crippen molar-refractivity contribution in [3.8, 4) is 22.6 Å². The standard InChI is InChI=1S/C25H24ClN9O2/c1-33-14-17(12-30-33)16-10-18-19(13-29-23(18)28-11-16)24-31-32-25(37-24)35(21-5-3-2-4-20(21)26)15-22(36)34-8-6-27-7-9-34/h2-5,10-14,27H,6-9,15H2,1H3,(H,28,29). The Kier molecular flexibility index (Phi) is 6.07. The second-order valence-corrected chi connectivity index (χ2v) is 9.19. The number of aromatic amines is 1. The number of carbonyl (C=O) groups is 1. The highest BCUT2D eigenvalue weighted by molar-refractivity contribution is 6.33. The first-order chi connectivity index (χ1) is 18.1. The van der Waals surface area contributed by atoms with Crippen LogP contribution in [-0.2, 0) is 11.8 Å². The topological polar surface area (TPSA) is 121 Å². The van der Waals surface area contributed by atoms with Gasteiger partial charge < -0.3 is 19.6 Å². The number of amides is 1. The molecule has 5 heterocycles. The van der Waals surface area contributed by atoms with Gasteiger partial charge in [0.15, 0.2) is 0 Å². The summed E-state index contributed by atoms with van der Waals surface area (Å²) in [5, 5.41) is 17.4. The lowest BCUT2D eigenvalue weighted by Gasteiger charge is -2.30.